The first kappa shape index (κ1) is 19.8. The second-order valence-electron chi connectivity index (χ2n) is 4.73. The predicted molar refractivity (Wildman–Crippen MR) is 98.4 cm³/mol. The minimum absolute atomic E-state index is 0. The fraction of sp³-hybridized carbons (Fsp3) is 0.357. The van der Waals surface area contributed by atoms with E-state index < -0.39 is 6.04 Å². The molecule has 9 heteroatoms. The highest BCUT2D eigenvalue weighted by atomic mass is 35.5. The van der Waals surface area contributed by atoms with E-state index in [4.69, 9.17) is 5.73 Å². The summed E-state index contributed by atoms with van der Waals surface area (Å²) in [6.07, 6.45) is 4.33. The number of nitrogens with one attached hydrogen (secondary N) is 1. The van der Waals surface area contributed by atoms with E-state index in [1.807, 2.05) is 42.1 Å². The summed E-state index contributed by atoms with van der Waals surface area (Å²) < 4.78 is 1.85. The molecule has 3 N–H and O–H groups in total. The molecule has 1 aromatic heterocycles. The molecule has 0 aliphatic rings. The monoisotopic (exact) mass is 373 g/mol. The number of anilines is 1. The lowest BCUT2D eigenvalue weighted by atomic mass is 10.2. The van der Waals surface area contributed by atoms with Gasteiger partial charge in [-0.3, -0.25) is 4.79 Å². The molecule has 1 atom stereocenters. The Balaban J connectivity index is 0.00000264. The molecule has 1 heterocycles. The lowest BCUT2D eigenvalue weighted by molar-refractivity contribution is -0.117. The van der Waals surface area contributed by atoms with Crippen molar-refractivity contribution in [3.63, 3.8) is 0 Å². The summed E-state index contributed by atoms with van der Waals surface area (Å²) in [5, 5.41) is 11.5. The Labute approximate surface area is 150 Å². The van der Waals surface area contributed by atoms with Gasteiger partial charge in [0.25, 0.3) is 0 Å². The Hall–Kier alpha value is -1.22. The summed E-state index contributed by atoms with van der Waals surface area (Å²) in [6, 6.07) is 7.11. The molecule has 0 unspecified atom stereocenters. The first-order valence-electron chi connectivity index (χ1n) is 6.77. The van der Waals surface area contributed by atoms with E-state index in [-0.39, 0.29) is 18.3 Å². The first-order chi connectivity index (χ1) is 10.6. The molecular weight excluding hydrogens is 354 g/mol. The lowest BCUT2D eigenvalue weighted by Gasteiger charge is -2.11. The Morgan fingerprint density at radius 3 is 2.65 bits per heavy atom. The van der Waals surface area contributed by atoms with Crippen LogP contribution in [-0.4, -0.2) is 38.7 Å². The second-order valence-corrected chi connectivity index (χ2v) is 6.75. The van der Waals surface area contributed by atoms with Crippen LogP contribution in [-0.2, 0) is 11.8 Å². The molecule has 0 radical (unpaired) electrons. The summed E-state index contributed by atoms with van der Waals surface area (Å²) in [5.41, 5.74) is 6.58. The molecule has 23 heavy (non-hydrogen) atoms. The van der Waals surface area contributed by atoms with E-state index in [0.29, 0.717) is 6.42 Å². The van der Waals surface area contributed by atoms with E-state index in [9.17, 15) is 4.79 Å². The molecule has 0 saturated heterocycles. The van der Waals surface area contributed by atoms with Crippen molar-refractivity contribution < 1.29 is 4.79 Å². The number of amides is 1. The lowest BCUT2D eigenvalue weighted by Crippen LogP contribution is -2.36. The minimum Gasteiger partial charge on any atom is -0.325 e. The Kier molecular flexibility index (Phi) is 8.46. The number of hydrogen-bond donors (Lipinski definition) is 2. The minimum atomic E-state index is -0.472. The van der Waals surface area contributed by atoms with Crippen molar-refractivity contribution in [3.8, 4) is 0 Å². The molecule has 2 aromatic rings. The van der Waals surface area contributed by atoms with E-state index in [1.54, 1.807) is 18.1 Å². The molecule has 0 saturated carbocycles. The highest BCUT2D eigenvalue weighted by Gasteiger charge is 2.13. The summed E-state index contributed by atoms with van der Waals surface area (Å²) in [4.78, 5) is 13.0. The summed E-state index contributed by atoms with van der Waals surface area (Å²) in [6.45, 7) is 0. The van der Waals surface area contributed by atoms with Gasteiger partial charge in [0.2, 0.25) is 5.91 Å². The number of halogens is 1. The Morgan fingerprint density at radius 2 is 2.09 bits per heavy atom. The fourth-order valence-electron chi connectivity index (χ4n) is 1.69. The molecule has 1 amide bonds. The van der Waals surface area contributed by atoms with E-state index in [2.05, 4.69) is 15.5 Å². The van der Waals surface area contributed by atoms with E-state index in [1.165, 1.54) is 11.8 Å². The van der Waals surface area contributed by atoms with Crippen LogP contribution in [0.3, 0.4) is 0 Å². The van der Waals surface area contributed by atoms with Gasteiger partial charge in [-0.15, -0.1) is 22.6 Å². The molecular formula is C14H20ClN5OS2. The van der Waals surface area contributed by atoms with E-state index >= 15 is 0 Å². The van der Waals surface area contributed by atoms with Gasteiger partial charge >= 0.3 is 0 Å². The van der Waals surface area contributed by atoms with Crippen LogP contribution in [0.15, 0.2) is 40.6 Å². The largest absolute Gasteiger partial charge is 0.325 e. The zero-order valence-electron chi connectivity index (χ0n) is 12.9. The van der Waals surface area contributed by atoms with Gasteiger partial charge in [0, 0.05) is 17.6 Å². The van der Waals surface area contributed by atoms with Crippen LogP contribution >= 0.6 is 35.9 Å². The summed E-state index contributed by atoms with van der Waals surface area (Å²) in [5.74, 6) is 0.727. The summed E-state index contributed by atoms with van der Waals surface area (Å²) in [7, 11) is 1.90. The maximum atomic E-state index is 11.9. The smallest absolute Gasteiger partial charge is 0.241 e. The molecule has 0 bridgehead atoms. The number of nitrogens with zero attached hydrogens (tertiary/aromatic N) is 3. The molecule has 1 aromatic carbocycles. The van der Waals surface area contributed by atoms with Crippen LogP contribution in [0.4, 0.5) is 5.69 Å². The van der Waals surface area contributed by atoms with Gasteiger partial charge in [-0.2, -0.15) is 11.8 Å². The molecule has 6 nitrogen and oxygen atoms in total. The fourth-order valence-corrected chi connectivity index (χ4v) is 2.94. The SMILES string of the molecule is CSCC[C@H](N)C(=O)Nc1ccc(Sc2nncn2C)cc1.Cl. The Bertz CT molecular complexity index is 620. The zero-order chi connectivity index (χ0) is 15.9. The van der Waals surface area contributed by atoms with Gasteiger partial charge in [0.05, 0.1) is 6.04 Å². The molecule has 2 rings (SSSR count). The maximum Gasteiger partial charge on any atom is 0.241 e. The molecule has 0 aliphatic carbocycles. The number of benzene rings is 1. The van der Waals surface area contributed by atoms with Gasteiger partial charge in [0.1, 0.15) is 6.33 Å². The van der Waals surface area contributed by atoms with Gasteiger partial charge in [0.15, 0.2) is 5.16 Å². The number of nitrogens with two attached hydrogens (primary N) is 1. The van der Waals surface area contributed by atoms with Crippen molar-refractivity contribution in [2.75, 3.05) is 17.3 Å². The normalized spacial score (nSPS) is 11.6. The van der Waals surface area contributed by atoms with Crippen LogP contribution in [0.1, 0.15) is 6.42 Å². The summed E-state index contributed by atoms with van der Waals surface area (Å²) >= 11 is 3.20. The zero-order valence-corrected chi connectivity index (χ0v) is 15.4. The Morgan fingerprint density at radius 1 is 1.39 bits per heavy atom. The van der Waals surface area contributed by atoms with Crippen molar-refractivity contribution >= 4 is 47.5 Å². The first-order valence-corrected chi connectivity index (χ1v) is 8.98. The molecule has 0 aliphatic heterocycles. The van der Waals surface area contributed by atoms with Crippen molar-refractivity contribution in [2.24, 2.45) is 12.8 Å². The number of thioether (sulfide) groups is 1. The van der Waals surface area contributed by atoms with Crippen LogP contribution in [0.25, 0.3) is 0 Å². The predicted octanol–water partition coefficient (Wildman–Crippen LogP) is 2.41. The second kappa shape index (κ2) is 9.82. The molecule has 0 spiro atoms. The molecule has 126 valence electrons. The van der Waals surface area contributed by atoms with Crippen LogP contribution in [0.5, 0.6) is 0 Å². The number of carbonyl (C=O) groups is 1. The highest BCUT2D eigenvalue weighted by Crippen LogP contribution is 2.26. The van der Waals surface area contributed by atoms with Crippen LogP contribution in [0.2, 0.25) is 0 Å². The third-order valence-electron chi connectivity index (χ3n) is 2.97. The van der Waals surface area contributed by atoms with Gasteiger partial charge in [-0.1, -0.05) is 0 Å². The van der Waals surface area contributed by atoms with Crippen molar-refractivity contribution in [1.82, 2.24) is 14.8 Å². The number of aryl methyl sites for hydroxylation is 1. The third-order valence-corrected chi connectivity index (χ3v) is 4.67. The standard InChI is InChI=1S/C14H19N5OS2.ClH/c1-19-9-16-18-14(19)22-11-5-3-10(4-6-11)17-13(20)12(15)7-8-21-2;/h3-6,9,12H,7-8,15H2,1-2H3,(H,17,20);1H/t12-;/m0./s1. The van der Waals surface area contributed by atoms with Crippen LogP contribution < -0.4 is 11.1 Å². The number of rotatable bonds is 7. The highest BCUT2D eigenvalue weighted by molar-refractivity contribution is 7.99. The number of carbonyl (C=O) groups excluding carboxylic acids is 1. The van der Waals surface area contributed by atoms with E-state index in [0.717, 1.165) is 21.5 Å². The average molecular weight is 374 g/mol. The number of hydrogen-bond acceptors (Lipinski definition) is 6. The average Bonchev–Trinajstić information content (AvgIpc) is 2.92. The van der Waals surface area contributed by atoms with Crippen LogP contribution in [0, 0.1) is 0 Å². The van der Waals surface area contributed by atoms with Crippen molar-refractivity contribution in [1.29, 1.82) is 0 Å². The van der Waals surface area contributed by atoms with Crippen molar-refractivity contribution in [3.05, 3.63) is 30.6 Å². The molecule has 0 fully saturated rings. The third kappa shape index (κ3) is 6.06. The topological polar surface area (TPSA) is 85.8 Å². The van der Waals surface area contributed by atoms with Gasteiger partial charge in [-0.25, -0.2) is 0 Å². The van der Waals surface area contributed by atoms with Gasteiger partial charge in [-0.05, 0) is 54.5 Å². The quantitative estimate of drug-likeness (QED) is 0.775. The number of aromatic nitrogens is 3. The van der Waals surface area contributed by atoms with Gasteiger partial charge < -0.3 is 15.6 Å². The maximum absolute atomic E-state index is 11.9. The van der Waals surface area contributed by atoms with Crippen molar-refractivity contribution in [2.45, 2.75) is 22.5 Å².